The van der Waals surface area contributed by atoms with Gasteiger partial charge in [0.1, 0.15) is 5.82 Å². The number of anilines is 2. The van der Waals surface area contributed by atoms with E-state index in [-0.39, 0.29) is 0 Å². The number of nitrogens with two attached hydrogens (primary N) is 1. The standard InChI is InChI=1S/C14H17N5S/c15-13-16-12(9-5-6-9)17-14(18-13)19-7-1-3-10(19)11-4-2-8-20-11/h2,4,8-10H,1,3,5-7H2,(H2,15,16,17,18). The number of aromatic nitrogens is 3. The lowest BCUT2D eigenvalue weighted by Gasteiger charge is -2.24. The number of nitrogens with zero attached hydrogens (tertiary/aromatic N) is 4. The molecule has 1 aliphatic carbocycles. The fourth-order valence-corrected chi connectivity index (χ4v) is 3.71. The molecule has 0 bridgehead atoms. The zero-order valence-corrected chi connectivity index (χ0v) is 12.0. The minimum Gasteiger partial charge on any atom is -0.368 e. The Hall–Kier alpha value is -1.69. The molecule has 4 rings (SSSR count). The highest BCUT2D eigenvalue weighted by atomic mass is 32.1. The molecule has 5 nitrogen and oxygen atoms in total. The van der Waals surface area contributed by atoms with Crippen LogP contribution in [0, 0.1) is 0 Å². The van der Waals surface area contributed by atoms with E-state index >= 15 is 0 Å². The third kappa shape index (κ3) is 2.14. The monoisotopic (exact) mass is 287 g/mol. The first-order chi connectivity index (χ1) is 9.81. The quantitative estimate of drug-likeness (QED) is 0.940. The van der Waals surface area contributed by atoms with Crippen molar-refractivity contribution in [3.05, 3.63) is 28.2 Å². The van der Waals surface area contributed by atoms with Crippen LogP contribution in [-0.2, 0) is 0 Å². The molecule has 1 atom stereocenters. The van der Waals surface area contributed by atoms with Gasteiger partial charge in [-0.15, -0.1) is 11.3 Å². The molecule has 1 saturated carbocycles. The second kappa shape index (κ2) is 4.70. The van der Waals surface area contributed by atoms with E-state index in [1.165, 1.54) is 24.1 Å². The molecule has 2 aliphatic rings. The van der Waals surface area contributed by atoms with Crippen molar-refractivity contribution in [1.29, 1.82) is 0 Å². The molecule has 6 heteroatoms. The number of hydrogen-bond donors (Lipinski definition) is 1. The zero-order valence-electron chi connectivity index (χ0n) is 11.2. The Labute approximate surface area is 121 Å². The van der Waals surface area contributed by atoms with Gasteiger partial charge in [0.05, 0.1) is 6.04 Å². The van der Waals surface area contributed by atoms with Crippen LogP contribution >= 0.6 is 11.3 Å². The highest BCUT2D eigenvalue weighted by Crippen LogP contribution is 2.40. The lowest BCUT2D eigenvalue weighted by atomic mass is 10.2. The summed E-state index contributed by atoms with van der Waals surface area (Å²) in [6, 6.07) is 4.69. The van der Waals surface area contributed by atoms with Crippen LogP contribution < -0.4 is 10.6 Å². The van der Waals surface area contributed by atoms with Gasteiger partial charge in [-0.05, 0) is 37.1 Å². The van der Waals surface area contributed by atoms with Crippen LogP contribution in [0.25, 0.3) is 0 Å². The van der Waals surface area contributed by atoms with E-state index in [9.17, 15) is 0 Å². The van der Waals surface area contributed by atoms with Crippen molar-refractivity contribution < 1.29 is 0 Å². The highest BCUT2D eigenvalue weighted by molar-refractivity contribution is 7.10. The van der Waals surface area contributed by atoms with Crippen LogP contribution in [0.15, 0.2) is 17.5 Å². The number of rotatable bonds is 3. The van der Waals surface area contributed by atoms with E-state index in [1.807, 2.05) is 0 Å². The van der Waals surface area contributed by atoms with Gasteiger partial charge in [-0.1, -0.05) is 6.07 Å². The third-order valence-corrected chi connectivity index (χ3v) is 4.96. The van der Waals surface area contributed by atoms with Crippen LogP contribution in [0.1, 0.15) is 48.3 Å². The molecular formula is C14H17N5S. The Morgan fingerprint density at radius 2 is 2.10 bits per heavy atom. The van der Waals surface area contributed by atoms with Gasteiger partial charge in [0.2, 0.25) is 11.9 Å². The molecular weight excluding hydrogens is 270 g/mol. The van der Waals surface area contributed by atoms with Crippen LogP contribution in [0.2, 0.25) is 0 Å². The summed E-state index contributed by atoms with van der Waals surface area (Å²) in [5, 5.41) is 2.13. The van der Waals surface area contributed by atoms with Gasteiger partial charge >= 0.3 is 0 Å². The first-order valence-electron chi connectivity index (χ1n) is 7.13. The average molecular weight is 287 g/mol. The molecule has 2 aromatic rings. The van der Waals surface area contributed by atoms with E-state index in [2.05, 4.69) is 37.4 Å². The van der Waals surface area contributed by atoms with Crippen molar-refractivity contribution in [2.75, 3.05) is 17.2 Å². The van der Waals surface area contributed by atoms with Crippen molar-refractivity contribution in [2.24, 2.45) is 0 Å². The first-order valence-corrected chi connectivity index (χ1v) is 8.01. The highest BCUT2D eigenvalue weighted by Gasteiger charge is 2.32. The summed E-state index contributed by atoms with van der Waals surface area (Å²) in [4.78, 5) is 17.0. The van der Waals surface area contributed by atoms with E-state index in [4.69, 9.17) is 5.73 Å². The molecule has 1 aliphatic heterocycles. The van der Waals surface area contributed by atoms with Gasteiger partial charge in [-0.2, -0.15) is 15.0 Å². The topological polar surface area (TPSA) is 67.9 Å². The van der Waals surface area contributed by atoms with Gasteiger partial charge in [0.25, 0.3) is 0 Å². The van der Waals surface area contributed by atoms with Gasteiger partial charge in [-0.25, -0.2) is 0 Å². The minimum absolute atomic E-state index is 0.355. The summed E-state index contributed by atoms with van der Waals surface area (Å²) in [6.07, 6.45) is 4.69. The van der Waals surface area contributed by atoms with E-state index < -0.39 is 0 Å². The van der Waals surface area contributed by atoms with Crippen molar-refractivity contribution >= 4 is 23.2 Å². The maximum Gasteiger partial charge on any atom is 0.230 e. The fraction of sp³-hybridized carbons (Fsp3) is 0.500. The summed E-state index contributed by atoms with van der Waals surface area (Å²) in [5.74, 6) is 2.50. The second-order valence-electron chi connectivity index (χ2n) is 5.49. The van der Waals surface area contributed by atoms with Crippen molar-refractivity contribution in [3.8, 4) is 0 Å². The lowest BCUT2D eigenvalue weighted by molar-refractivity contribution is 0.706. The van der Waals surface area contributed by atoms with Crippen molar-refractivity contribution in [2.45, 2.75) is 37.6 Å². The number of hydrogen-bond acceptors (Lipinski definition) is 6. The summed E-state index contributed by atoms with van der Waals surface area (Å²) in [5.41, 5.74) is 5.87. The number of nitrogen functional groups attached to an aromatic ring is 1. The molecule has 2 aromatic heterocycles. The molecule has 1 unspecified atom stereocenters. The SMILES string of the molecule is Nc1nc(C2CC2)nc(N2CCCC2c2cccs2)n1. The van der Waals surface area contributed by atoms with Crippen LogP contribution in [0.5, 0.6) is 0 Å². The van der Waals surface area contributed by atoms with Gasteiger partial charge < -0.3 is 10.6 Å². The average Bonchev–Trinajstić information content (AvgIpc) is 2.96. The molecule has 0 radical (unpaired) electrons. The summed E-state index contributed by atoms with van der Waals surface area (Å²) in [6.45, 7) is 0.996. The van der Waals surface area contributed by atoms with Crippen LogP contribution in [0.3, 0.4) is 0 Å². The molecule has 0 aromatic carbocycles. The maximum atomic E-state index is 5.87. The first kappa shape index (κ1) is 12.1. The zero-order chi connectivity index (χ0) is 13.5. The molecule has 3 heterocycles. The van der Waals surface area contributed by atoms with E-state index in [1.54, 1.807) is 11.3 Å². The second-order valence-corrected chi connectivity index (χ2v) is 6.47. The van der Waals surface area contributed by atoms with Crippen molar-refractivity contribution in [1.82, 2.24) is 15.0 Å². The fourth-order valence-electron chi connectivity index (χ4n) is 2.83. The minimum atomic E-state index is 0.355. The van der Waals surface area contributed by atoms with Crippen LogP contribution in [-0.4, -0.2) is 21.5 Å². The summed E-state index contributed by atoms with van der Waals surface area (Å²) >= 11 is 1.80. The smallest absolute Gasteiger partial charge is 0.230 e. The Balaban J connectivity index is 1.69. The van der Waals surface area contributed by atoms with Gasteiger partial charge in [-0.3, -0.25) is 0 Å². The molecule has 0 amide bonds. The van der Waals surface area contributed by atoms with Gasteiger partial charge in [0, 0.05) is 17.3 Å². The lowest BCUT2D eigenvalue weighted by Crippen LogP contribution is -2.25. The predicted octanol–water partition coefficient (Wildman–Crippen LogP) is 2.73. The Morgan fingerprint density at radius 1 is 1.20 bits per heavy atom. The molecule has 1 saturated heterocycles. The molecule has 2 N–H and O–H groups in total. The predicted molar refractivity (Wildman–Crippen MR) is 79.9 cm³/mol. The largest absolute Gasteiger partial charge is 0.368 e. The van der Waals surface area contributed by atoms with E-state index in [0.717, 1.165) is 24.7 Å². The molecule has 104 valence electrons. The third-order valence-electron chi connectivity index (χ3n) is 3.98. The molecule has 20 heavy (non-hydrogen) atoms. The van der Waals surface area contributed by atoms with Gasteiger partial charge in [0.15, 0.2) is 0 Å². The summed E-state index contributed by atoms with van der Waals surface area (Å²) < 4.78 is 0. The maximum absolute atomic E-state index is 5.87. The number of thiophene rings is 1. The van der Waals surface area contributed by atoms with Crippen molar-refractivity contribution in [3.63, 3.8) is 0 Å². The van der Waals surface area contributed by atoms with E-state index in [0.29, 0.717) is 17.9 Å². The molecule has 2 fully saturated rings. The molecule has 0 spiro atoms. The Bertz CT molecular complexity index is 608. The summed E-state index contributed by atoms with van der Waals surface area (Å²) in [7, 11) is 0. The normalized spacial score (nSPS) is 22.4. The van der Waals surface area contributed by atoms with Crippen LogP contribution in [0.4, 0.5) is 11.9 Å². The Morgan fingerprint density at radius 3 is 2.85 bits per heavy atom. The Kier molecular flexibility index (Phi) is 2.84.